The Morgan fingerprint density at radius 1 is 1.30 bits per heavy atom. The van der Waals surface area contributed by atoms with E-state index in [1.807, 2.05) is 0 Å². The highest BCUT2D eigenvalue weighted by Crippen LogP contribution is 2.10. The van der Waals surface area contributed by atoms with Crippen molar-refractivity contribution in [2.75, 3.05) is 26.3 Å². The third-order valence-electron chi connectivity index (χ3n) is 2.37. The minimum Gasteiger partial charge on any atom is -0.303 e. The Balaban J connectivity index is 1.85. The smallest absolute Gasteiger partial charge is 0.0609 e. The zero-order chi connectivity index (χ0) is 6.81. The van der Waals surface area contributed by atoms with Gasteiger partial charge in [0.2, 0.25) is 0 Å². The van der Waals surface area contributed by atoms with E-state index in [1.165, 1.54) is 25.9 Å². The van der Waals surface area contributed by atoms with E-state index in [0.29, 0.717) is 6.17 Å². The first-order chi connectivity index (χ1) is 4.97. The van der Waals surface area contributed by atoms with Crippen molar-refractivity contribution in [3.05, 3.63) is 0 Å². The van der Waals surface area contributed by atoms with Gasteiger partial charge < -0.3 is 10.6 Å². The van der Waals surface area contributed by atoms with Crippen molar-refractivity contribution in [3.8, 4) is 0 Å². The monoisotopic (exact) mass is 141 g/mol. The molecular weight excluding hydrogens is 126 g/mol. The molecule has 0 saturated carbocycles. The van der Waals surface area contributed by atoms with Gasteiger partial charge in [0.15, 0.2) is 0 Å². The SMILES string of the molecule is C1CNC(N2CCNC2)C1. The highest BCUT2D eigenvalue weighted by atomic mass is 15.4. The summed E-state index contributed by atoms with van der Waals surface area (Å²) in [5, 5.41) is 6.82. The van der Waals surface area contributed by atoms with Crippen LogP contribution in [0.4, 0.5) is 0 Å². The van der Waals surface area contributed by atoms with Crippen molar-refractivity contribution >= 4 is 0 Å². The second kappa shape index (κ2) is 2.86. The Labute approximate surface area is 61.8 Å². The van der Waals surface area contributed by atoms with Crippen molar-refractivity contribution in [2.45, 2.75) is 19.0 Å². The van der Waals surface area contributed by atoms with Crippen LogP contribution < -0.4 is 10.6 Å². The molecule has 10 heavy (non-hydrogen) atoms. The lowest BCUT2D eigenvalue weighted by Crippen LogP contribution is -2.40. The van der Waals surface area contributed by atoms with Crippen molar-refractivity contribution in [1.82, 2.24) is 15.5 Å². The Morgan fingerprint density at radius 3 is 2.90 bits per heavy atom. The third-order valence-corrected chi connectivity index (χ3v) is 2.37. The fourth-order valence-corrected chi connectivity index (χ4v) is 1.77. The van der Waals surface area contributed by atoms with E-state index in [9.17, 15) is 0 Å². The van der Waals surface area contributed by atoms with Gasteiger partial charge in [0, 0.05) is 19.8 Å². The number of nitrogens with zero attached hydrogens (tertiary/aromatic N) is 1. The molecule has 2 fully saturated rings. The molecule has 58 valence electrons. The summed E-state index contributed by atoms with van der Waals surface area (Å²) >= 11 is 0. The van der Waals surface area contributed by atoms with Crippen LogP contribution in [0.25, 0.3) is 0 Å². The van der Waals surface area contributed by atoms with Crippen LogP contribution in [-0.4, -0.2) is 37.4 Å². The molecule has 3 nitrogen and oxygen atoms in total. The van der Waals surface area contributed by atoms with E-state index in [4.69, 9.17) is 0 Å². The lowest BCUT2D eigenvalue weighted by Gasteiger charge is -2.21. The maximum Gasteiger partial charge on any atom is 0.0609 e. The molecule has 2 N–H and O–H groups in total. The zero-order valence-electron chi connectivity index (χ0n) is 6.27. The lowest BCUT2D eigenvalue weighted by atomic mass is 10.3. The molecule has 2 saturated heterocycles. The second-order valence-corrected chi connectivity index (χ2v) is 3.08. The first-order valence-electron chi connectivity index (χ1n) is 4.15. The van der Waals surface area contributed by atoms with Crippen molar-refractivity contribution in [2.24, 2.45) is 0 Å². The van der Waals surface area contributed by atoms with Gasteiger partial charge in [-0.1, -0.05) is 0 Å². The standard InChI is InChI=1S/C7H15N3/c1-2-7(9-3-1)10-5-4-8-6-10/h7-9H,1-6H2. The predicted octanol–water partition coefficient (Wildman–Crippen LogP) is -0.441. The molecule has 1 atom stereocenters. The Morgan fingerprint density at radius 2 is 2.30 bits per heavy atom. The fourth-order valence-electron chi connectivity index (χ4n) is 1.77. The van der Waals surface area contributed by atoms with Gasteiger partial charge in [-0.15, -0.1) is 0 Å². The molecular formula is C7H15N3. The second-order valence-electron chi connectivity index (χ2n) is 3.08. The fraction of sp³-hybridized carbons (Fsp3) is 1.00. The maximum absolute atomic E-state index is 3.48. The van der Waals surface area contributed by atoms with E-state index in [1.54, 1.807) is 0 Å². The van der Waals surface area contributed by atoms with Crippen LogP contribution in [0.15, 0.2) is 0 Å². The summed E-state index contributed by atoms with van der Waals surface area (Å²) in [4.78, 5) is 2.48. The Kier molecular flexibility index (Phi) is 1.88. The van der Waals surface area contributed by atoms with Gasteiger partial charge in [0.25, 0.3) is 0 Å². The molecule has 2 aliphatic rings. The van der Waals surface area contributed by atoms with Gasteiger partial charge in [-0.2, -0.15) is 0 Å². The first-order valence-corrected chi connectivity index (χ1v) is 4.15. The molecule has 0 bridgehead atoms. The molecule has 2 heterocycles. The van der Waals surface area contributed by atoms with Crippen LogP contribution >= 0.6 is 0 Å². The summed E-state index contributed by atoms with van der Waals surface area (Å²) in [6, 6.07) is 0. The minimum absolute atomic E-state index is 0.676. The van der Waals surface area contributed by atoms with Crippen LogP contribution in [0.2, 0.25) is 0 Å². The number of hydrogen-bond acceptors (Lipinski definition) is 3. The summed E-state index contributed by atoms with van der Waals surface area (Å²) in [7, 11) is 0. The van der Waals surface area contributed by atoms with E-state index >= 15 is 0 Å². The van der Waals surface area contributed by atoms with Gasteiger partial charge in [0.05, 0.1) is 6.17 Å². The number of nitrogens with one attached hydrogen (secondary N) is 2. The van der Waals surface area contributed by atoms with Crippen molar-refractivity contribution in [3.63, 3.8) is 0 Å². The molecule has 0 aromatic rings. The molecule has 0 amide bonds. The van der Waals surface area contributed by atoms with E-state index in [2.05, 4.69) is 15.5 Å². The molecule has 2 rings (SSSR count). The Bertz CT molecular complexity index is 89.4. The minimum atomic E-state index is 0.676. The summed E-state index contributed by atoms with van der Waals surface area (Å²) in [5.74, 6) is 0. The quantitative estimate of drug-likeness (QED) is 0.518. The topological polar surface area (TPSA) is 27.3 Å². The van der Waals surface area contributed by atoms with Gasteiger partial charge >= 0.3 is 0 Å². The normalized spacial score (nSPS) is 35.4. The maximum atomic E-state index is 3.48. The number of hydrogen-bond donors (Lipinski definition) is 2. The van der Waals surface area contributed by atoms with E-state index in [0.717, 1.165) is 13.2 Å². The summed E-state index contributed by atoms with van der Waals surface area (Å²) in [5.41, 5.74) is 0. The first kappa shape index (κ1) is 6.58. The molecule has 0 aliphatic carbocycles. The van der Waals surface area contributed by atoms with Gasteiger partial charge in [-0.05, 0) is 19.4 Å². The van der Waals surface area contributed by atoms with Gasteiger partial charge in [-0.25, -0.2) is 0 Å². The molecule has 2 aliphatic heterocycles. The molecule has 0 aromatic carbocycles. The molecule has 3 heteroatoms. The highest BCUT2D eigenvalue weighted by Gasteiger charge is 2.23. The zero-order valence-corrected chi connectivity index (χ0v) is 6.27. The van der Waals surface area contributed by atoms with Crippen LogP contribution in [0.1, 0.15) is 12.8 Å². The van der Waals surface area contributed by atoms with Crippen LogP contribution in [0.5, 0.6) is 0 Å². The average Bonchev–Trinajstić information content (AvgIpc) is 2.59. The molecule has 0 aromatic heterocycles. The van der Waals surface area contributed by atoms with Crippen LogP contribution in [0.3, 0.4) is 0 Å². The summed E-state index contributed by atoms with van der Waals surface area (Å²) < 4.78 is 0. The van der Waals surface area contributed by atoms with Crippen LogP contribution in [0, 0.1) is 0 Å². The van der Waals surface area contributed by atoms with E-state index in [-0.39, 0.29) is 0 Å². The summed E-state index contributed by atoms with van der Waals surface area (Å²) in [6.07, 6.45) is 3.36. The highest BCUT2D eigenvalue weighted by molar-refractivity contribution is 4.78. The Hall–Kier alpha value is -0.120. The third kappa shape index (κ3) is 1.17. The number of rotatable bonds is 1. The predicted molar refractivity (Wildman–Crippen MR) is 40.6 cm³/mol. The van der Waals surface area contributed by atoms with Crippen molar-refractivity contribution in [1.29, 1.82) is 0 Å². The van der Waals surface area contributed by atoms with Crippen molar-refractivity contribution < 1.29 is 0 Å². The van der Waals surface area contributed by atoms with Gasteiger partial charge in [0.1, 0.15) is 0 Å². The molecule has 0 radical (unpaired) electrons. The van der Waals surface area contributed by atoms with Gasteiger partial charge in [-0.3, -0.25) is 4.90 Å². The van der Waals surface area contributed by atoms with Crippen LogP contribution in [-0.2, 0) is 0 Å². The lowest BCUT2D eigenvalue weighted by molar-refractivity contribution is 0.223. The largest absolute Gasteiger partial charge is 0.303 e. The molecule has 0 spiro atoms. The van der Waals surface area contributed by atoms with E-state index < -0.39 is 0 Å². The average molecular weight is 141 g/mol. The molecule has 1 unspecified atom stereocenters. The summed E-state index contributed by atoms with van der Waals surface area (Å²) in [6.45, 7) is 4.68.